The zero-order valence-corrected chi connectivity index (χ0v) is 17.3. The summed E-state index contributed by atoms with van der Waals surface area (Å²) >= 11 is 0. The van der Waals surface area contributed by atoms with E-state index in [9.17, 15) is 4.79 Å². The Morgan fingerprint density at radius 3 is 2.47 bits per heavy atom. The number of benzene rings is 2. The van der Waals surface area contributed by atoms with E-state index in [-0.39, 0.29) is 18.0 Å². The molecule has 2 N–H and O–H groups in total. The molecule has 0 aliphatic heterocycles. The summed E-state index contributed by atoms with van der Waals surface area (Å²) in [6, 6.07) is 15.5. The van der Waals surface area contributed by atoms with E-state index in [2.05, 4.69) is 6.92 Å². The highest BCUT2D eigenvalue weighted by atomic mass is 16.6. The summed E-state index contributed by atoms with van der Waals surface area (Å²) in [7, 11) is 1.56. The van der Waals surface area contributed by atoms with Crippen molar-refractivity contribution in [3.05, 3.63) is 59.7 Å². The summed E-state index contributed by atoms with van der Waals surface area (Å²) in [6.45, 7) is 4.13. The van der Waals surface area contributed by atoms with Crippen molar-refractivity contribution in [2.45, 2.75) is 26.4 Å². The lowest BCUT2D eigenvalue weighted by atomic mass is 10.1. The maximum Gasteiger partial charge on any atom is 0.344 e. The monoisotopic (exact) mass is 404 g/mol. The first kappa shape index (κ1) is 19.8. The molecule has 0 unspecified atom stereocenters. The fraction of sp³-hybridized carbons (Fsp3) is 0.261. The van der Waals surface area contributed by atoms with Crippen molar-refractivity contribution in [3.8, 4) is 5.69 Å². The largest absolute Gasteiger partial charge is 0.456 e. The van der Waals surface area contributed by atoms with Crippen LogP contribution in [0.1, 0.15) is 29.8 Å². The minimum Gasteiger partial charge on any atom is -0.456 e. The van der Waals surface area contributed by atoms with E-state index in [4.69, 9.17) is 25.2 Å². The van der Waals surface area contributed by atoms with Crippen LogP contribution in [0.4, 0.5) is 5.82 Å². The number of ether oxygens (including phenoxy) is 2. The van der Waals surface area contributed by atoms with Crippen LogP contribution in [0.2, 0.25) is 0 Å². The quantitative estimate of drug-likeness (QED) is 0.490. The lowest BCUT2D eigenvalue weighted by Crippen LogP contribution is -2.20. The standard InChI is InChI=1S/C23H24N4O3/c1-4-15-9-5-8-12-18(15)27-21(24)19(23(28)30-14(2)13-29-3)20-22(27)26-17-11-7-6-10-16(17)25-20/h5-12,14H,4,13,24H2,1-3H3/t14-/m0/s1. The van der Waals surface area contributed by atoms with Gasteiger partial charge in [0, 0.05) is 7.11 Å². The summed E-state index contributed by atoms with van der Waals surface area (Å²) in [5.41, 5.74) is 11.1. The van der Waals surface area contributed by atoms with Crippen LogP contribution in [-0.2, 0) is 15.9 Å². The van der Waals surface area contributed by atoms with Gasteiger partial charge in [-0.3, -0.25) is 4.57 Å². The number of nitrogens with zero attached hydrogens (tertiary/aromatic N) is 3. The number of aromatic nitrogens is 3. The van der Waals surface area contributed by atoms with Gasteiger partial charge in [0.15, 0.2) is 5.65 Å². The molecular weight excluding hydrogens is 380 g/mol. The fourth-order valence-electron chi connectivity index (χ4n) is 3.64. The average molecular weight is 404 g/mol. The maximum atomic E-state index is 13.1. The molecule has 4 aromatic rings. The van der Waals surface area contributed by atoms with Crippen molar-refractivity contribution in [2.75, 3.05) is 19.5 Å². The molecule has 0 amide bonds. The minimum absolute atomic E-state index is 0.220. The Morgan fingerprint density at radius 2 is 1.77 bits per heavy atom. The number of aryl methyl sites for hydroxylation is 1. The molecule has 1 atom stereocenters. The third-order valence-corrected chi connectivity index (χ3v) is 5.02. The van der Waals surface area contributed by atoms with Crippen molar-refractivity contribution in [1.82, 2.24) is 14.5 Å². The number of para-hydroxylation sites is 3. The van der Waals surface area contributed by atoms with Crippen molar-refractivity contribution >= 4 is 34.0 Å². The molecule has 0 saturated heterocycles. The molecule has 7 nitrogen and oxygen atoms in total. The molecule has 7 heteroatoms. The van der Waals surface area contributed by atoms with E-state index in [0.29, 0.717) is 16.7 Å². The molecule has 0 radical (unpaired) electrons. The van der Waals surface area contributed by atoms with Crippen molar-refractivity contribution in [1.29, 1.82) is 0 Å². The predicted octanol–water partition coefficient (Wildman–Crippen LogP) is 3.91. The molecule has 30 heavy (non-hydrogen) atoms. The van der Waals surface area contributed by atoms with Gasteiger partial charge in [0.05, 0.1) is 23.3 Å². The van der Waals surface area contributed by atoms with Crippen molar-refractivity contribution in [3.63, 3.8) is 0 Å². The van der Waals surface area contributed by atoms with Crippen molar-refractivity contribution < 1.29 is 14.3 Å². The number of nitrogen functional groups attached to an aromatic ring is 1. The van der Waals surface area contributed by atoms with Gasteiger partial charge in [-0.2, -0.15) is 0 Å². The molecule has 4 rings (SSSR count). The fourth-order valence-corrected chi connectivity index (χ4v) is 3.64. The first-order valence-corrected chi connectivity index (χ1v) is 9.90. The Bertz CT molecular complexity index is 1230. The molecular formula is C23H24N4O3. The van der Waals surface area contributed by atoms with Crippen LogP contribution >= 0.6 is 0 Å². The summed E-state index contributed by atoms with van der Waals surface area (Å²) in [5, 5.41) is 0. The summed E-state index contributed by atoms with van der Waals surface area (Å²) in [6.07, 6.45) is 0.387. The smallest absolute Gasteiger partial charge is 0.344 e. The van der Waals surface area contributed by atoms with Crippen LogP contribution in [-0.4, -0.2) is 40.3 Å². The third-order valence-electron chi connectivity index (χ3n) is 5.02. The van der Waals surface area contributed by atoms with E-state index >= 15 is 0 Å². The molecule has 0 bridgehead atoms. The first-order chi connectivity index (χ1) is 14.5. The highest BCUT2D eigenvalue weighted by Gasteiger charge is 2.27. The molecule has 0 fully saturated rings. The van der Waals surface area contributed by atoms with Gasteiger partial charge in [-0.1, -0.05) is 37.3 Å². The second-order valence-corrected chi connectivity index (χ2v) is 7.13. The number of carbonyl (C=O) groups is 1. The number of hydrogen-bond acceptors (Lipinski definition) is 6. The predicted molar refractivity (Wildman–Crippen MR) is 117 cm³/mol. The molecule has 2 aromatic heterocycles. The van der Waals surface area contributed by atoms with Gasteiger partial charge in [-0.15, -0.1) is 0 Å². The molecule has 0 aliphatic carbocycles. The van der Waals surface area contributed by atoms with Gasteiger partial charge in [-0.05, 0) is 37.1 Å². The van der Waals surface area contributed by atoms with Crippen LogP contribution in [0.25, 0.3) is 27.9 Å². The normalized spacial score (nSPS) is 12.4. The Hall–Kier alpha value is -3.45. The van der Waals surface area contributed by atoms with Crippen LogP contribution < -0.4 is 5.73 Å². The highest BCUT2D eigenvalue weighted by molar-refractivity contribution is 6.09. The number of anilines is 1. The van der Waals surface area contributed by atoms with Crippen LogP contribution in [0.5, 0.6) is 0 Å². The lowest BCUT2D eigenvalue weighted by molar-refractivity contribution is 0.0123. The summed E-state index contributed by atoms with van der Waals surface area (Å²) in [5.74, 6) is -0.282. The number of nitrogens with two attached hydrogens (primary N) is 1. The van der Waals surface area contributed by atoms with Gasteiger partial charge < -0.3 is 15.2 Å². The Labute approximate surface area is 174 Å². The minimum atomic E-state index is -0.542. The summed E-state index contributed by atoms with van der Waals surface area (Å²) < 4.78 is 12.4. The Balaban J connectivity index is 2.00. The van der Waals surface area contributed by atoms with Gasteiger partial charge in [0.25, 0.3) is 0 Å². The van der Waals surface area contributed by atoms with E-state index in [1.165, 1.54) is 0 Å². The maximum absolute atomic E-state index is 13.1. The Morgan fingerprint density at radius 1 is 1.10 bits per heavy atom. The number of carbonyl (C=O) groups excluding carboxylic acids is 1. The molecule has 154 valence electrons. The van der Waals surface area contributed by atoms with Gasteiger partial charge in [0.1, 0.15) is 23.0 Å². The number of hydrogen-bond donors (Lipinski definition) is 1. The molecule has 0 saturated carbocycles. The number of rotatable bonds is 6. The van der Waals surface area contributed by atoms with Crippen LogP contribution in [0, 0.1) is 0 Å². The van der Waals surface area contributed by atoms with Gasteiger partial charge in [-0.25, -0.2) is 14.8 Å². The number of fused-ring (bicyclic) bond motifs is 2. The van der Waals surface area contributed by atoms with Gasteiger partial charge in [0.2, 0.25) is 0 Å². The first-order valence-electron chi connectivity index (χ1n) is 9.90. The van der Waals surface area contributed by atoms with E-state index < -0.39 is 12.1 Å². The van der Waals surface area contributed by atoms with E-state index in [1.54, 1.807) is 18.6 Å². The topological polar surface area (TPSA) is 92.3 Å². The molecule has 2 heterocycles. The molecule has 2 aromatic carbocycles. The second-order valence-electron chi connectivity index (χ2n) is 7.13. The van der Waals surface area contributed by atoms with Crippen LogP contribution in [0.15, 0.2) is 48.5 Å². The molecule has 0 aliphatic rings. The molecule has 0 spiro atoms. The van der Waals surface area contributed by atoms with E-state index in [1.807, 2.05) is 48.5 Å². The van der Waals surface area contributed by atoms with Crippen LogP contribution in [0.3, 0.4) is 0 Å². The highest BCUT2D eigenvalue weighted by Crippen LogP contribution is 2.33. The second kappa shape index (κ2) is 8.12. The van der Waals surface area contributed by atoms with Crippen molar-refractivity contribution in [2.24, 2.45) is 0 Å². The summed E-state index contributed by atoms with van der Waals surface area (Å²) in [4.78, 5) is 22.6. The third kappa shape index (κ3) is 3.37. The number of methoxy groups -OCH3 is 1. The zero-order chi connectivity index (χ0) is 21.3. The zero-order valence-electron chi connectivity index (χ0n) is 17.3. The average Bonchev–Trinajstić information content (AvgIpc) is 3.02. The van der Waals surface area contributed by atoms with Gasteiger partial charge >= 0.3 is 5.97 Å². The number of esters is 1. The van der Waals surface area contributed by atoms with E-state index in [0.717, 1.165) is 23.2 Å². The lowest BCUT2D eigenvalue weighted by Gasteiger charge is -2.13. The Kier molecular flexibility index (Phi) is 5.37. The SMILES string of the molecule is CCc1ccccc1-n1c(N)c(C(=O)O[C@@H](C)COC)c2nc3ccccc3nc21.